The predicted octanol–water partition coefficient (Wildman–Crippen LogP) is 4.39. The molecule has 0 unspecified atom stereocenters. The molecule has 0 aliphatic heterocycles. The Labute approximate surface area is 148 Å². The van der Waals surface area contributed by atoms with E-state index in [1.165, 1.54) is 12.1 Å². The maximum atomic E-state index is 14.1. The van der Waals surface area contributed by atoms with Gasteiger partial charge < -0.3 is 0 Å². The molecule has 0 aliphatic carbocycles. The average Bonchev–Trinajstić information content (AvgIpc) is 2.67. The molecule has 0 spiro atoms. The van der Waals surface area contributed by atoms with Gasteiger partial charge >= 0.3 is 0 Å². The van der Waals surface area contributed by atoms with E-state index in [0.29, 0.717) is 27.7 Å². The van der Waals surface area contributed by atoms with Crippen LogP contribution in [0.4, 0.5) is 8.78 Å². The second-order valence-corrected chi connectivity index (χ2v) is 5.95. The van der Waals surface area contributed by atoms with Crippen molar-refractivity contribution >= 4 is 10.9 Å². The largest absolute Gasteiger partial charge is 0.287 e. The van der Waals surface area contributed by atoms with Gasteiger partial charge in [0, 0.05) is 22.6 Å². The molecule has 0 saturated heterocycles. The summed E-state index contributed by atoms with van der Waals surface area (Å²) >= 11 is 0. The summed E-state index contributed by atoms with van der Waals surface area (Å²) in [6.45, 7) is 0.0900. The molecule has 0 N–H and O–H groups in total. The normalized spacial score (nSPS) is 11.0. The molecule has 0 fully saturated rings. The highest BCUT2D eigenvalue weighted by molar-refractivity contribution is 5.82. The van der Waals surface area contributed by atoms with Crippen LogP contribution in [0.25, 0.3) is 22.2 Å². The predicted molar refractivity (Wildman–Crippen MR) is 96.9 cm³/mol. The zero-order chi connectivity index (χ0) is 18.1. The van der Waals surface area contributed by atoms with Crippen molar-refractivity contribution in [2.45, 2.75) is 6.54 Å². The average molecular weight is 348 g/mol. The minimum absolute atomic E-state index is 0.0900. The van der Waals surface area contributed by atoms with Crippen LogP contribution < -0.4 is 5.43 Å². The molecule has 0 radical (unpaired) electrons. The Balaban J connectivity index is 1.93. The van der Waals surface area contributed by atoms with Gasteiger partial charge in [-0.25, -0.2) is 8.78 Å². The highest BCUT2D eigenvalue weighted by Gasteiger charge is 2.14. The standard InChI is InChI=1S/C21H14F2N2O/c22-16-11-10-15(18(23)12-16)13-25-19-9-5-4-8-17(19)21(26)20(24-25)14-6-2-1-3-7-14/h1-12H,13H2. The lowest BCUT2D eigenvalue weighted by molar-refractivity contribution is 0.560. The number of aromatic nitrogens is 2. The van der Waals surface area contributed by atoms with Crippen LogP contribution in [0.3, 0.4) is 0 Å². The Bertz CT molecular complexity index is 1150. The lowest BCUT2D eigenvalue weighted by Crippen LogP contribution is -2.17. The van der Waals surface area contributed by atoms with Gasteiger partial charge in [-0.1, -0.05) is 48.5 Å². The number of para-hydroxylation sites is 1. The van der Waals surface area contributed by atoms with Crippen LogP contribution in [0.2, 0.25) is 0 Å². The Morgan fingerprint density at radius 3 is 2.38 bits per heavy atom. The SMILES string of the molecule is O=c1c(-c2ccccc2)nn(Cc2ccc(F)cc2F)c2ccccc12. The zero-order valence-electron chi connectivity index (χ0n) is 13.7. The van der Waals surface area contributed by atoms with Crippen LogP contribution in [0.1, 0.15) is 5.56 Å². The van der Waals surface area contributed by atoms with E-state index in [4.69, 9.17) is 0 Å². The van der Waals surface area contributed by atoms with Crippen LogP contribution in [-0.4, -0.2) is 9.78 Å². The molecule has 0 aliphatic rings. The van der Waals surface area contributed by atoms with Crippen LogP contribution in [0.15, 0.2) is 77.6 Å². The fourth-order valence-corrected chi connectivity index (χ4v) is 2.95. The summed E-state index contributed by atoms with van der Waals surface area (Å²) in [5, 5.41) is 4.98. The topological polar surface area (TPSA) is 34.9 Å². The number of fused-ring (bicyclic) bond motifs is 1. The summed E-state index contributed by atoms with van der Waals surface area (Å²) < 4.78 is 28.8. The molecule has 128 valence electrons. The minimum atomic E-state index is -0.643. The molecular weight excluding hydrogens is 334 g/mol. The summed E-state index contributed by atoms with van der Waals surface area (Å²) in [4.78, 5) is 12.8. The van der Waals surface area contributed by atoms with Crippen molar-refractivity contribution in [3.63, 3.8) is 0 Å². The van der Waals surface area contributed by atoms with Gasteiger partial charge in [-0.15, -0.1) is 0 Å². The van der Waals surface area contributed by atoms with E-state index in [0.717, 1.165) is 6.07 Å². The molecule has 0 saturated carbocycles. The summed E-state index contributed by atoms with van der Waals surface area (Å²) in [6, 6.07) is 19.6. The summed E-state index contributed by atoms with van der Waals surface area (Å²) in [5.74, 6) is -1.27. The molecule has 4 aromatic rings. The lowest BCUT2D eigenvalue weighted by Gasteiger charge is -2.13. The third-order valence-electron chi connectivity index (χ3n) is 4.24. The maximum Gasteiger partial charge on any atom is 0.215 e. The highest BCUT2D eigenvalue weighted by atomic mass is 19.1. The number of halogens is 2. The molecule has 0 bridgehead atoms. The highest BCUT2D eigenvalue weighted by Crippen LogP contribution is 2.19. The molecule has 0 amide bonds. The smallest absolute Gasteiger partial charge is 0.215 e. The Hall–Kier alpha value is -3.34. The van der Waals surface area contributed by atoms with E-state index < -0.39 is 11.6 Å². The molecular formula is C21H14F2N2O. The maximum absolute atomic E-state index is 14.1. The molecule has 0 atom stereocenters. The van der Waals surface area contributed by atoms with Crippen molar-refractivity contribution in [2.24, 2.45) is 0 Å². The lowest BCUT2D eigenvalue weighted by atomic mass is 10.1. The quantitative estimate of drug-likeness (QED) is 0.550. The van der Waals surface area contributed by atoms with Crippen molar-refractivity contribution in [1.82, 2.24) is 9.78 Å². The Kier molecular flexibility index (Phi) is 4.05. The molecule has 26 heavy (non-hydrogen) atoms. The van der Waals surface area contributed by atoms with E-state index in [2.05, 4.69) is 5.10 Å². The number of hydrogen-bond donors (Lipinski definition) is 0. The van der Waals surface area contributed by atoms with Crippen molar-refractivity contribution < 1.29 is 8.78 Å². The fraction of sp³-hybridized carbons (Fsp3) is 0.0476. The summed E-state index contributed by atoms with van der Waals surface area (Å²) in [5.41, 5.74) is 1.71. The molecule has 3 aromatic carbocycles. The van der Waals surface area contributed by atoms with Crippen LogP contribution in [0.5, 0.6) is 0 Å². The van der Waals surface area contributed by atoms with Crippen molar-refractivity contribution in [1.29, 1.82) is 0 Å². The van der Waals surface area contributed by atoms with Crippen molar-refractivity contribution in [2.75, 3.05) is 0 Å². The first kappa shape index (κ1) is 16.1. The number of benzene rings is 3. The monoisotopic (exact) mass is 348 g/mol. The van der Waals surface area contributed by atoms with E-state index >= 15 is 0 Å². The second-order valence-electron chi connectivity index (χ2n) is 5.95. The second kappa shape index (κ2) is 6.52. The van der Waals surface area contributed by atoms with Gasteiger partial charge in [-0.05, 0) is 18.2 Å². The zero-order valence-corrected chi connectivity index (χ0v) is 13.7. The molecule has 1 heterocycles. The first-order valence-corrected chi connectivity index (χ1v) is 8.13. The van der Waals surface area contributed by atoms with E-state index in [1.807, 2.05) is 18.2 Å². The number of rotatable bonds is 3. The number of nitrogens with zero attached hydrogens (tertiary/aromatic N) is 2. The van der Waals surface area contributed by atoms with Gasteiger partial charge in [0.25, 0.3) is 0 Å². The fourth-order valence-electron chi connectivity index (χ4n) is 2.95. The van der Waals surface area contributed by atoms with Crippen LogP contribution in [0, 0.1) is 11.6 Å². The van der Waals surface area contributed by atoms with Crippen molar-refractivity contribution in [3.05, 3.63) is 100 Å². The van der Waals surface area contributed by atoms with E-state index in [9.17, 15) is 13.6 Å². The molecule has 4 rings (SSSR count). The molecule has 3 nitrogen and oxygen atoms in total. The van der Waals surface area contributed by atoms with E-state index in [-0.39, 0.29) is 12.0 Å². The first-order chi connectivity index (χ1) is 12.6. The van der Waals surface area contributed by atoms with Gasteiger partial charge in [0.05, 0.1) is 12.1 Å². The van der Waals surface area contributed by atoms with Crippen molar-refractivity contribution in [3.8, 4) is 11.3 Å². The Morgan fingerprint density at radius 1 is 0.885 bits per heavy atom. The number of hydrogen-bond acceptors (Lipinski definition) is 2. The van der Waals surface area contributed by atoms with Gasteiger partial charge in [-0.2, -0.15) is 5.10 Å². The van der Waals surface area contributed by atoms with Crippen LogP contribution in [-0.2, 0) is 6.54 Å². The minimum Gasteiger partial charge on any atom is -0.287 e. The van der Waals surface area contributed by atoms with Gasteiger partial charge in [0.2, 0.25) is 5.43 Å². The Morgan fingerprint density at radius 2 is 1.62 bits per heavy atom. The summed E-state index contributed by atoms with van der Waals surface area (Å²) in [7, 11) is 0. The first-order valence-electron chi connectivity index (χ1n) is 8.13. The van der Waals surface area contributed by atoms with Gasteiger partial charge in [-0.3, -0.25) is 9.48 Å². The van der Waals surface area contributed by atoms with Gasteiger partial charge in [0.15, 0.2) is 0 Å². The van der Waals surface area contributed by atoms with Gasteiger partial charge in [0.1, 0.15) is 17.3 Å². The third kappa shape index (κ3) is 2.88. The van der Waals surface area contributed by atoms with Crippen LogP contribution >= 0.6 is 0 Å². The molecule has 5 heteroatoms. The summed E-state index contributed by atoms with van der Waals surface area (Å²) in [6.07, 6.45) is 0. The third-order valence-corrected chi connectivity index (χ3v) is 4.24. The van der Waals surface area contributed by atoms with E-state index in [1.54, 1.807) is 41.1 Å². The molecule has 1 aromatic heterocycles.